The molecule has 3 heterocycles. The zero-order chi connectivity index (χ0) is 27.8. The van der Waals surface area contributed by atoms with Crippen molar-refractivity contribution in [2.45, 2.75) is 42.8 Å². The minimum Gasteiger partial charge on any atom is -0.379 e. The number of rotatable bonds is 8. The highest BCUT2D eigenvalue weighted by atomic mass is 32.2. The summed E-state index contributed by atoms with van der Waals surface area (Å²) in [6, 6.07) is 13.5. The molecule has 2 aromatic heterocycles. The molecule has 1 aliphatic heterocycles. The van der Waals surface area contributed by atoms with Gasteiger partial charge in [-0.2, -0.15) is 18.2 Å². The summed E-state index contributed by atoms with van der Waals surface area (Å²) in [5.74, 6) is -0.267. The van der Waals surface area contributed by atoms with Crippen molar-refractivity contribution >= 4 is 26.6 Å². The summed E-state index contributed by atoms with van der Waals surface area (Å²) in [6.07, 6.45) is -5.16. The van der Waals surface area contributed by atoms with Crippen molar-refractivity contribution in [2.24, 2.45) is 0 Å². The third-order valence-electron chi connectivity index (χ3n) is 6.53. The van der Waals surface area contributed by atoms with Crippen LogP contribution in [0.25, 0.3) is 22.4 Å². The fourth-order valence-electron chi connectivity index (χ4n) is 4.63. The first-order valence-electron chi connectivity index (χ1n) is 12.2. The van der Waals surface area contributed by atoms with Gasteiger partial charge >= 0.3 is 6.18 Å². The Morgan fingerprint density at radius 2 is 1.90 bits per heavy atom. The van der Waals surface area contributed by atoms with Crippen LogP contribution in [0.3, 0.4) is 0 Å². The van der Waals surface area contributed by atoms with E-state index >= 15 is 0 Å². The molecule has 0 spiro atoms. The van der Waals surface area contributed by atoms with E-state index in [4.69, 9.17) is 4.52 Å². The van der Waals surface area contributed by atoms with Crippen LogP contribution in [0, 0.1) is 0 Å². The molecule has 9 nitrogen and oxygen atoms in total. The van der Waals surface area contributed by atoms with Crippen LogP contribution in [0.2, 0.25) is 0 Å². The van der Waals surface area contributed by atoms with E-state index < -0.39 is 35.0 Å². The van der Waals surface area contributed by atoms with Crippen LogP contribution in [0.5, 0.6) is 0 Å². The van der Waals surface area contributed by atoms with E-state index in [0.29, 0.717) is 24.0 Å². The maximum Gasteiger partial charge on any atom is 0.406 e. The number of aromatic nitrogens is 3. The summed E-state index contributed by atoms with van der Waals surface area (Å²) in [4.78, 5) is 6.07. The predicted molar refractivity (Wildman–Crippen MR) is 136 cm³/mol. The molecule has 0 amide bonds. The van der Waals surface area contributed by atoms with Gasteiger partial charge < -0.3 is 19.3 Å². The molecule has 14 heteroatoms. The zero-order valence-electron chi connectivity index (χ0n) is 20.8. The van der Waals surface area contributed by atoms with Crippen LogP contribution in [0.15, 0.2) is 64.0 Å². The Labute approximate surface area is 221 Å². The number of nitrogens with zero attached hydrogens (tertiary/aromatic N) is 4. The van der Waals surface area contributed by atoms with Gasteiger partial charge in [-0.15, -0.1) is 0 Å². The molecule has 0 radical (unpaired) electrons. The van der Waals surface area contributed by atoms with Crippen LogP contribution >= 0.6 is 0 Å². The normalized spacial score (nSPS) is 19.0. The van der Waals surface area contributed by atoms with E-state index in [9.17, 15) is 26.0 Å². The monoisotopic (exact) mass is 566 g/mol. The Balaban J connectivity index is 1.45. The van der Waals surface area contributed by atoms with Crippen molar-refractivity contribution in [1.29, 1.82) is 0 Å². The van der Waals surface area contributed by atoms with Crippen molar-refractivity contribution in [3.63, 3.8) is 0 Å². The molecule has 4 aromatic rings. The number of nitrogens with one attached hydrogen (secondary N) is 2. The fraction of sp³-hybridized carbons (Fsp3) is 0.360. The van der Waals surface area contributed by atoms with Crippen LogP contribution in [0.1, 0.15) is 12.3 Å². The first-order chi connectivity index (χ1) is 18.5. The molecule has 0 aliphatic carbocycles. The van der Waals surface area contributed by atoms with Gasteiger partial charge in [0, 0.05) is 24.2 Å². The SMILES string of the molecule is CN1CC[C@@H](Nc2cccc3c2cc(-c2noc(CNS(=O)(=O)c4ccccc4)n2)n3CC(F)(F)F)[C@@H](F)C1. The van der Waals surface area contributed by atoms with E-state index in [1.165, 1.54) is 24.3 Å². The number of hydrogen-bond donors (Lipinski definition) is 2. The highest BCUT2D eigenvalue weighted by molar-refractivity contribution is 7.89. The first kappa shape index (κ1) is 27.1. The lowest BCUT2D eigenvalue weighted by molar-refractivity contribution is -0.139. The Morgan fingerprint density at radius 3 is 2.62 bits per heavy atom. The number of alkyl halides is 4. The summed E-state index contributed by atoms with van der Waals surface area (Å²) >= 11 is 0. The molecule has 5 rings (SSSR count). The maximum atomic E-state index is 14.7. The summed E-state index contributed by atoms with van der Waals surface area (Å²) in [5, 5.41) is 7.43. The lowest BCUT2D eigenvalue weighted by Gasteiger charge is -2.33. The van der Waals surface area contributed by atoms with Gasteiger partial charge in [0.1, 0.15) is 12.7 Å². The smallest absolute Gasteiger partial charge is 0.379 e. The number of piperidine rings is 1. The molecular weight excluding hydrogens is 540 g/mol. The number of anilines is 1. The van der Waals surface area contributed by atoms with E-state index in [1.54, 1.807) is 30.3 Å². The number of benzene rings is 2. The van der Waals surface area contributed by atoms with Crippen LogP contribution in [-0.4, -0.2) is 66.6 Å². The Bertz CT molecular complexity index is 1560. The maximum absolute atomic E-state index is 14.7. The molecule has 39 heavy (non-hydrogen) atoms. The lowest BCUT2D eigenvalue weighted by atomic mass is 10.0. The average molecular weight is 567 g/mol. The molecule has 2 N–H and O–H groups in total. The van der Waals surface area contributed by atoms with Gasteiger partial charge in [0.25, 0.3) is 0 Å². The average Bonchev–Trinajstić information content (AvgIpc) is 3.50. The van der Waals surface area contributed by atoms with Crippen LogP contribution in [-0.2, 0) is 23.1 Å². The van der Waals surface area contributed by atoms with Gasteiger partial charge in [0.05, 0.1) is 28.7 Å². The summed E-state index contributed by atoms with van der Waals surface area (Å²) in [5.41, 5.74) is 0.774. The second kappa shape index (κ2) is 10.6. The van der Waals surface area contributed by atoms with Gasteiger partial charge in [0.2, 0.25) is 21.7 Å². The number of sulfonamides is 1. The van der Waals surface area contributed by atoms with Crippen molar-refractivity contribution in [2.75, 3.05) is 25.5 Å². The molecule has 0 bridgehead atoms. The van der Waals surface area contributed by atoms with Crippen LogP contribution in [0.4, 0.5) is 23.2 Å². The minimum atomic E-state index is -4.56. The molecule has 0 saturated carbocycles. The summed E-state index contributed by atoms with van der Waals surface area (Å²) in [7, 11) is -2.04. The Kier molecular flexibility index (Phi) is 7.35. The molecule has 2 aromatic carbocycles. The zero-order valence-corrected chi connectivity index (χ0v) is 21.6. The highest BCUT2D eigenvalue weighted by Crippen LogP contribution is 2.35. The Hall–Kier alpha value is -3.49. The highest BCUT2D eigenvalue weighted by Gasteiger charge is 2.32. The van der Waals surface area contributed by atoms with Crippen molar-refractivity contribution in [3.05, 3.63) is 60.5 Å². The van der Waals surface area contributed by atoms with Gasteiger partial charge in [-0.3, -0.25) is 0 Å². The van der Waals surface area contributed by atoms with E-state index in [-0.39, 0.29) is 40.9 Å². The quantitative estimate of drug-likeness (QED) is 0.308. The number of likely N-dealkylation sites (tertiary alicyclic amines) is 1. The number of halogens is 4. The fourth-order valence-corrected chi connectivity index (χ4v) is 5.63. The second-order valence-electron chi connectivity index (χ2n) is 9.44. The standard InChI is InChI=1S/C25H26F4N6O3S/c1-34-11-10-20(18(26)14-34)31-19-8-5-9-21-17(19)12-22(35(21)15-25(27,28)29)24-32-23(38-33-24)13-30-39(36,37)16-6-3-2-4-7-16/h2-9,12,18,20,30-31H,10-11,13-15H2,1H3/t18-,20+/m0/s1. The summed E-state index contributed by atoms with van der Waals surface area (Å²) < 4.78 is 88.9. The van der Waals surface area contributed by atoms with Gasteiger partial charge in [0.15, 0.2) is 0 Å². The topological polar surface area (TPSA) is 105 Å². The third-order valence-corrected chi connectivity index (χ3v) is 7.95. The summed E-state index contributed by atoms with van der Waals surface area (Å²) in [6.45, 7) is -0.730. The van der Waals surface area contributed by atoms with E-state index in [1.807, 2.05) is 11.9 Å². The Morgan fingerprint density at radius 1 is 1.13 bits per heavy atom. The van der Waals surface area contributed by atoms with E-state index in [2.05, 4.69) is 20.2 Å². The lowest BCUT2D eigenvalue weighted by Crippen LogP contribution is -2.46. The van der Waals surface area contributed by atoms with E-state index in [0.717, 1.165) is 4.57 Å². The van der Waals surface area contributed by atoms with Gasteiger partial charge in [-0.05, 0) is 43.8 Å². The molecule has 1 saturated heterocycles. The third kappa shape index (κ3) is 6.07. The molecule has 0 unspecified atom stereocenters. The first-order valence-corrected chi connectivity index (χ1v) is 13.6. The largest absolute Gasteiger partial charge is 0.406 e. The number of fused-ring (bicyclic) bond motifs is 1. The van der Waals surface area contributed by atoms with Crippen molar-refractivity contribution in [1.82, 2.24) is 24.3 Å². The van der Waals surface area contributed by atoms with Gasteiger partial charge in [-0.25, -0.2) is 17.5 Å². The van der Waals surface area contributed by atoms with Crippen LogP contribution < -0.4 is 10.0 Å². The molecular formula is C25H26F4N6O3S. The minimum absolute atomic E-state index is 0.0256. The molecule has 1 fully saturated rings. The van der Waals surface area contributed by atoms with Gasteiger partial charge in [-0.1, -0.05) is 29.4 Å². The number of hydrogen-bond acceptors (Lipinski definition) is 7. The molecule has 208 valence electrons. The second-order valence-corrected chi connectivity index (χ2v) is 11.2. The molecule has 1 aliphatic rings. The molecule has 2 atom stereocenters. The predicted octanol–water partition coefficient (Wildman–Crippen LogP) is 4.19. The van der Waals surface area contributed by atoms with Crippen molar-refractivity contribution in [3.8, 4) is 11.5 Å². The van der Waals surface area contributed by atoms with Crippen molar-refractivity contribution < 1.29 is 30.5 Å².